The number of fused-ring (bicyclic) bond motifs is 1. The van der Waals surface area contributed by atoms with E-state index in [4.69, 9.17) is 0 Å². The lowest BCUT2D eigenvalue weighted by Gasteiger charge is -2.15. The molecule has 0 fully saturated rings. The van der Waals surface area contributed by atoms with Crippen LogP contribution in [0.25, 0.3) is 17.7 Å². The Morgan fingerprint density at radius 2 is 1.93 bits per heavy atom. The molecular formula is C22H29FN4O. The van der Waals surface area contributed by atoms with Crippen LogP contribution in [0.2, 0.25) is 0 Å². The second kappa shape index (κ2) is 9.99. The molecule has 0 saturated carbocycles. The average molecular weight is 384 g/mol. The molecule has 0 spiro atoms. The van der Waals surface area contributed by atoms with Gasteiger partial charge in [0, 0.05) is 29.1 Å². The fourth-order valence-corrected chi connectivity index (χ4v) is 3.05. The Balaban J connectivity index is 0.00000136. The summed E-state index contributed by atoms with van der Waals surface area (Å²) in [6.07, 6.45) is 6.98. The number of aromatic amines is 1. The van der Waals surface area contributed by atoms with Crippen LogP contribution in [0.15, 0.2) is 24.5 Å². The van der Waals surface area contributed by atoms with Crippen molar-refractivity contribution in [1.29, 1.82) is 0 Å². The number of amides is 1. The number of rotatable bonds is 6. The highest BCUT2D eigenvalue weighted by molar-refractivity contribution is 6.35. The standard InChI is InChI=1S/C20H23FN4O.C2H6/c1-4-25(5-2)10-6-7-14-16(21)8-9-17-19(14)15(20(26)24-17)11-18-13(3)22-12-23-18;1-2/h6-9,11-12H,4-5,10H2,1-3H3,(H,22,23)(H,24,26);1-2H3/b7-6?,15-11-;. The van der Waals surface area contributed by atoms with Crippen LogP contribution in [0.5, 0.6) is 0 Å². The quantitative estimate of drug-likeness (QED) is 0.708. The van der Waals surface area contributed by atoms with Gasteiger partial charge in [-0.2, -0.15) is 0 Å². The SMILES string of the molecule is CC.CCN(CC)CC=Cc1c(F)ccc2c1/C(=C/c1nc[nH]c1C)C(=O)N2. The molecule has 1 amide bonds. The maximum Gasteiger partial charge on any atom is 0.256 e. The van der Waals surface area contributed by atoms with Gasteiger partial charge in [0.15, 0.2) is 0 Å². The molecule has 1 aromatic carbocycles. The van der Waals surface area contributed by atoms with Crippen LogP contribution in [0, 0.1) is 12.7 Å². The van der Waals surface area contributed by atoms with Gasteiger partial charge in [0.1, 0.15) is 5.82 Å². The fourth-order valence-electron chi connectivity index (χ4n) is 3.05. The Morgan fingerprint density at radius 3 is 2.54 bits per heavy atom. The van der Waals surface area contributed by atoms with Gasteiger partial charge in [0.25, 0.3) is 5.91 Å². The van der Waals surface area contributed by atoms with E-state index >= 15 is 0 Å². The molecule has 2 aromatic rings. The van der Waals surface area contributed by atoms with Crippen LogP contribution < -0.4 is 5.32 Å². The van der Waals surface area contributed by atoms with Gasteiger partial charge in [-0.15, -0.1) is 0 Å². The zero-order valence-electron chi connectivity index (χ0n) is 17.3. The van der Waals surface area contributed by atoms with E-state index in [-0.39, 0.29) is 11.7 Å². The number of carbonyl (C=O) groups is 1. The van der Waals surface area contributed by atoms with Crippen molar-refractivity contribution in [3.63, 3.8) is 0 Å². The molecule has 0 atom stereocenters. The minimum Gasteiger partial charge on any atom is -0.348 e. The largest absolute Gasteiger partial charge is 0.348 e. The van der Waals surface area contributed by atoms with Crippen LogP contribution in [-0.4, -0.2) is 40.4 Å². The minimum atomic E-state index is -0.347. The molecule has 1 aromatic heterocycles. The van der Waals surface area contributed by atoms with E-state index in [1.165, 1.54) is 6.07 Å². The lowest BCUT2D eigenvalue weighted by molar-refractivity contribution is -0.110. The van der Waals surface area contributed by atoms with E-state index < -0.39 is 0 Å². The van der Waals surface area contributed by atoms with Gasteiger partial charge < -0.3 is 15.2 Å². The minimum absolute atomic E-state index is 0.244. The number of aromatic nitrogens is 2. The van der Waals surface area contributed by atoms with Gasteiger partial charge >= 0.3 is 0 Å². The van der Waals surface area contributed by atoms with E-state index in [1.807, 2.05) is 26.8 Å². The van der Waals surface area contributed by atoms with Crippen molar-refractivity contribution in [2.24, 2.45) is 0 Å². The predicted molar refractivity (Wildman–Crippen MR) is 114 cm³/mol. The molecule has 0 saturated heterocycles. The molecule has 6 heteroatoms. The zero-order valence-corrected chi connectivity index (χ0v) is 17.3. The van der Waals surface area contributed by atoms with Crippen LogP contribution in [0.4, 0.5) is 10.1 Å². The fraction of sp³-hybridized carbons (Fsp3) is 0.364. The van der Waals surface area contributed by atoms with Crippen molar-refractivity contribution in [3.05, 3.63) is 52.9 Å². The number of halogens is 1. The zero-order chi connectivity index (χ0) is 20.7. The maximum absolute atomic E-state index is 14.5. The van der Waals surface area contributed by atoms with E-state index in [0.717, 1.165) is 25.3 Å². The number of hydrogen-bond donors (Lipinski definition) is 2. The number of imidazole rings is 1. The van der Waals surface area contributed by atoms with Gasteiger partial charge in [-0.1, -0.05) is 39.8 Å². The van der Waals surface area contributed by atoms with Gasteiger partial charge in [-0.25, -0.2) is 9.37 Å². The first-order chi connectivity index (χ1) is 13.5. The first kappa shape index (κ1) is 21.6. The first-order valence-corrected chi connectivity index (χ1v) is 9.79. The maximum atomic E-state index is 14.5. The number of anilines is 1. The second-order valence-corrected chi connectivity index (χ2v) is 6.20. The van der Waals surface area contributed by atoms with Gasteiger partial charge in [-0.3, -0.25) is 4.79 Å². The van der Waals surface area contributed by atoms with Gasteiger partial charge in [0.05, 0.1) is 17.6 Å². The molecule has 0 bridgehead atoms. The third kappa shape index (κ3) is 4.57. The number of nitrogens with one attached hydrogen (secondary N) is 2. The highest BCUT2D eigenvalue weighted by atomic mass is 19.1. The van der Waals surface area contributed by atoms with E-state index in [9.17, 15) is 9.18 Å². The summed E-state index contributed by atoms with van der Waals surface area (Å²) in [5, 5.41) is 2.81. The highest BCUT2D eigenvalue weighted by Gasteiger charge is 2.28. The van der Waals surface area contributed by atoms with Crippen LogP contribution in [-0.2, 0) is 4.79 Å². The summed E-state index contributed by atoms with van der Waals surface area (Å²) in [5.41, 5.74) is 3.59. The first-order valence-electron chi connectivity index (χ1n) is 9.79. The Kier molecular flexibility index (Phi) is 7.70. The molecular weight excluding hydrogens is 355 g/mol. The van der Waals surface area contributed by atoms with E-state index in [2.05, 4.69) is 34.0 Å². The number of hydrogen-bond acceptors (Lipinski definition) is 3. The third-order valence-corrected chi connectivity index (χ3v) is 4.65. The van der Waals surface area contributed by atoms with Crippen molar-refractivity contribution in [2.75, 3.05) is 25.0 Å². The summed E-state index contributed by atoms with van der Waals surface area (Å²) in [4.78, 5) is 21.9. The summed E-state index contributed by atoms with van der Waals surface area (Å²) in [7, 11) is 0. The normalized spacial score (nSPS) is 14.4. The molecule has 1 aliphatic rings. The predicted octanol–water partition coefficient (Wildman–Crippen LogP) is 4.73. The third-order valence-electron chi connectivity index (χ3n) is 4.65. The monoisotopic (exact) mass is 384 g/mol. The molecule has 150 valence electrons. The molecule has 3 rings (SSSR count). The van der Waals surface area contributed by atoms with Gasteiger partial charge in [0.2, 0.25) is 0 Å². The topological polar surface area (TPSA) is 61.0 Å². The number of H-pyrrole nitrogens is 1. The molecule has 5 nitrogen and oxygen atoms in total. The molecule has 2 heterocycles. The second-order valence-electron chi connectivity index (χ2n) is 6.20. The van der Waals surface area contributed by atoms with Gasteiger partial charge in [-0.05, 0) is 38.2 Å². The summed E-state index contributed by atoms with van der Waals surface area (Å²) in [6, 6.07) is 2.99. The van der Waals surface area contributed by atoms with Crippen molar-refractivity contribution in [1.82, 2.24) is 14.9 Å². The summed E-state index contributed by atoms with van der Waals surface area (Å²) >= 11 is 0. The van der Waals surface area contributed by atoms with Crippen molar-refractivity contribution >= 4 is 29.3 Å². The number of aryl methyl sites for hydroxylation is 1. The van der Waals surface area contributed by atoms with Crippen molar-refractivity contribution < 1.29 is 9.18 Å². The van der Waals surface area contributed by atoms with E-state index in [0.29, 0.717) is 28.1 Å². The Hall–Kier alpha value is -2.73. The van der Waals surface area contributed by atoms with Crippen LogP contribution in [0.1, 0.15) is 50.2 Å². The highest BCUT2D eigenvalue weighted by Crippen LogP contribution is 2.37. The molecule has 28 heavy (non-hydrogen) atoms. The Labute approximate surface area is 166 Å². The molecule has 0 unspecified atom stereocenters. The molecule has 0 radical (unpaired) electrons. The lowest BCUT2D eigenvalue weighted by atomic mass is 9.98. The lowest BCUT2D eigenvalue weighted by Crippen LogP contribution is -2.22. The number of likely N-dealkylation sites (N-methyl/N-ethyl adjacent to an activating group) is 1. The molecule has 1 aliphatic heterocycles. The summed E-state index contributed by atoms with van der Waals surface area (Å²) < 4.78 is 14.5. The van der Waals surface area contributed by atoms with Crippen molar-refractivity contribution in [2.45, 2.75) is 34.6 Å². The number of nitrogens with zero attached hydrogens (tertiary/aromatic N) is 2. The number of carbonyl (C=O) groups excluding carboxylic acids is 1. The Bertz CT molecular complexity index is 879. The van der Waals surface area contributed by atoms with E-state index in [1.54, 1.807) is 24.5 Å². The van der Waals surface area contributed by atoms with Crippen molar-refractivity contribution in [3.8, 4) is 0 Å². The molecule has 2 N–H and O–H groups in total. The Morgan fingerprint density at radius 1 is 1.21 bits per heavy atom. The number of benzene rings is 1. The van der Waals surface area contributed by atoms with Crippen LogP contribution >= 0.6 is 0 Å². The molecule has 0 aliphatic carbocycles. The average Bonchev–Trinajstić information content (AvgIpc) is 3.25. The summed E-state index contributed by atoms with van der Waals surface area (Å²) in [6.45, 7) is 12.7. The smallest absolute Gasteiger partial charge is 0.256 e. The summed E-state index contributed by atoms with van der Waals surface area (Å²) in [5.74, 6) is -0.591. The van der Waals surface area contributed by atoms with Crippen LogP contribution in [0.3, 0.4) is 0 Å².